The highest BCUT2D eigenvalue weighted by atomic mass is 32.2. The molecule has 0 aliphatic rings. The van der Waals surface area contributed by atoms with Gasteiger partial charge in [0.2, 0.25) is 0 Å². The minimum atomic E-state index is -0.454. The van der Waals surface area contributed by atoms with E-state index in [9.17, 15) is 10.1 Å². The third-order valence-corrected chi connectivity index (χ3v) is 3.72. The molecule has 1 aromatic heterocycles. The number of thioether (sulfide) groups is 1. The first-order chi connectivity index (χ1) is 9.65. The van der Waals surface area contributed by atoms with Gasteiger partial charge in [-0.2, -0.15) is 0 Å². The Labute approximate surface area is 121 Å². The Morgan fingerprint density at radius 2 is 2.05 bits per heavy atom. The number of hydrogen-bond acceptors (Lipinski definition) is 5. The number of nitrogens with zero attached hydrogens (tertiary/aromatic N) is 2. The predicted molar refractivity (Wildman–Crippen MR) is 81.1 cm³/mol. The van der Waals surface area contributed by atoms with Crippen LogP contribution in [-0.2, 0) is 0 Å². The van der Waals surface area contributed by atoms with Crippen LogP contribution < -0.4 is 5.32 Å². The lowest BCUT2D eigenvalue weighted by Gasteiger charge is -2.12. The Bertz CT molecular complexity index is 560. The molecule has 0 amide bonds. The van der Waals surface area contributed by atoms with Gasteiger partial charge in [0.15, 0.2) is 0 Å². The number of benzene rings is 1. The maximum atomic E-state index is 10.5. The van der Waals surface area contributed by atoms with Crippen molar-refractivity contribution in [3.8, 4) is 0 Å². The van der Waals surface area contributed by atoms with E-state index in [1.165, 1.54) is 17.2 Å². The van der Waals surface area contributed by atoms with Gasteiger partial charge in [-0.1, -0.05) is 25.1 Å². The van der Waals surface area contributed by atoms with Gasteiger partial charge in [-0.15, -0.1) is 11.8 Å². The standard InChI is InChI=1S/C14H15N3O2S/c1-11(20-13-5-3-2-4-6-13)9-15-14-8-7-12(10-16-14)17(18)19/h2-8,10-11H,9H2,1H3,(H,15,16). The summed E-state index contributed by atoms with van der Waals surface area (Å²) < 4.78 is 0. The molecule has 1 heterocycles. The van der Waals surface area contributed by atoms with Gasteiger partial charge in [-0.25, -0.2) is 4.98 Å². The molecule has 0 aliphatic heterocycles. The summed E-state index contributed by atoms with van der Waals surface area (Å²) in [5.41, 5.74) is 0.00209. The summed E-state index contributed by atoms with van der Waals surface area (Å²) in [6.07, 6.45) is 1.26. The van der Waals surface area contributed by atoms with Crippen LogP contribution in [-0.4, -0.2) is 21.7 Å². The summed E-state index contributed by atoms with van der Waals surface area (Å²) in [5.74, 6) is 0.649. The van der Waals surface area contributed by atoms with Gasteiger partial charge < -0.3 is 5.32 Å². The van der Waals surface area contributed by atoms with Crippen LogP contribution in [0.2, 0.25) is 0 Å². The first-order valence-corrected chi connectivity index (χ1v) is 7.09. The molecule has 1 aromatic carbocycles. The van der Waals surface area contributed by atoms with Gasteiger partial charge in [0.1, 0.15) is 12.0 Å². The van der Waals surface area contributed by atoms with Gasteiger partial charge in [0.25, 0.3) is 5.69 Å². The average Bonchev–Trinajstić information content (AvgIpc) is 2.46. The van der Waals surface area contributed by atoms with Crippen LogP contribution >= 0.6 is 11.8 Å². The minimum Gasteiger partial charge on any atom is -0.369 e. The fraction of sp³-hybridized carbons (Fsp3) is 0.214. The Hall–Kier alpha value is -2.08. The molecule has 0 aliphatic carbocycles. The molecule has 0 spiro atoms. The van der Waals surface area contributed by atoms with E-state index < -0.39 is 4.92 Å². The van der Waals surface area contributed by atoms with Gasteiger partial charge in [-0.05, 0) is 18.2 Å². The molecule has 2 rings (SSSR count). The fourth-order valence-electron chi connectivity index (χ4n) is 1.62. The molecule has 1 unspecified atom stereocenters. The molecule has 104 valence electrons. The number of nitrogens with one attached hydrogen (secondary N) is 1. The minimum absolute atomic E-state index is 0.00209. The van der Waals surface area contributed by atoms with Crippen LogP contribution in [0.3, 0.4) is 0 Å². The Morgan fingerprint density at radius 1 is 1.30 bits per heavy atom. The van der Waals surface area contributed by atoms with Gasteiger partial charge >= 0.3 is 0 Å². The Balaban J connectivity index is 1.84. The van der Waals surface area contributed by atoms with E-state index >= 15 is 0 Å². The normalized spacial score (nSPS) is 11.8. The van der Waals surface area contributed by atoms with Crippen molar-refractivity contribution in [2.24, 2.45) is 0 Å². The van der Waals surface area contributed by atoms with E-state index in [-0.39, 0.29) is 5.69 Å². The molecule has 1 atom stereocenters. The zero-order valence-corrected chi connectivity index (χ0v) is 11.8. The lowest BCUT2D eigenvalue weighted by molar-refractivity contribution is -0.385. The lowest BCUT2D eigenvalue weighted by Crippen LogP contribution is -2.13. The maximum Gasteiger partial charge on any atom is 0.287 e. The summed E-state index contributed by atoms with van der Waals surface area (Å²) in [4.78, 5) is 15.3. The van der Waals surface area contributed by atoms with Crippen molar-refractivity contribution in [3.63, 3.8) is 0 Å². The first kappa shape index (κ1) is 14.3. The van der Waals surface area contributed by atoms with Gasteiger partial charge in [0.05, 0.1) is 4.92 Å². The smallest absolute Gasteiger partial charge is 0.287 e. The SMILES string of the molecule is CC(CNc1ccc([N+](=O)[O-])cn1)Sc1ccccc1. The zero-order valence-electron chi connectivity index (χ0n) is 11.0. The zero-order chi connectivity index (χ0) is 14.4. The second-order valence-corrected chi connectivity index (χ2v) is 5.79. The van der Waals surface area contributed by atoms with Crippen molar-refractivity contribution in [2.75, 3.05) is 11.9 Å². The predicted octanol–water partition coefficient (Wildman–Crippen LogP) is 3.58. The monoisotopic (exact) mass is 289 g/mol. The molecule has 0 fully saturated rings. The van der Waals surface area contributed by atoms with Crippen LogP contribution in [0.25, 0.3) is 0 Å². The maximum absolute atomic E-state index is 10.5. The number of nitro groups is 1. The second kappa shape index (κ2) is 6.91. The van der Waals surface area contributed by atoms with E-state index in [4.69, 9.17) is 0 Å². The average molecular weight is 289 g/mol. The molecule has 0 bridgehead atoms. The number of rotatable bonds is 6. The van der Waals surface area contributed by atoms with Crippen molar-refractivity contribution >= 4 is 23.3 Å². The largest absolute Gasteiger partial charge is 0.369 e. The number of pyridine rings is 1. The molecular weight excluding hydrogens is 274 g/mol. The molecule has 20 heavy (non-hydrogen) atoms. The summed E-state index contributed by atoms with van der Waals surface area (Å²) in [6, 6.07) is 13.2. The Kier molecular flexibility index (Phi) is 4.95. The van der Waals surface area contributed by atoms with Crippen LogP contribution in [0, 0.1) is 10.1 Å². The summed E-state index contributed by atoms with van der Waals surface area (Å²) in [5, 5.41) is 14.1. The molecule has 0 saturated carbocycles. The molecule has 6 heteroatoms. The number of hydrogen-bond donors (Lipinski definition) is 1. The van der Waals surface area contributed by atoms with Crippen molar-refractivity contribution in [2.45, 2.75) is 17.1 Å². The topological polar surface area (TPSA) is 68.1 Å². The van der Waals surface area contributed by atoms with E-state index in [0.29, 0.717) is 11.1 Å². The third kappa shape index (κ3) is 4.24. The van der Waals surface area contributed by atoms with Crippen molar-refractivity contribution < 1.29 is 4.92 Å². The van der Waals surface area contributed by atoms with E-state index in [1.54, 1.807) is 17.8 Å². The summed E-state index contributed by atoms with van der Waals surface area (Å²) in [7, 11) is 0. The van der Waals surface area contributed by atoms with E-state index in [2.05, 4.69) is 29.4 Å². The molecule has 1 N–H and O–H groups in total. The first-order valence-electron chi connectivity index (χ1n) is 6.21. The van der Waals surface area contributed by atoms with Crippen LogP contribution in [0.4, 0.5) is 11.5 Å². The number of anilines is 1. The molecule has 0 radical (unpaired) electrons. The van der Waals surface area contributed by atoms with Crippen molar-refractivity contribution in [3.05, 3.63) is 58.8 Å². The quantitative estimate of drug-likeness (QED) is 0.500. The highest BCUT2D eigenvalue weighted by molar-refractivity contribution is 8.00. The highest BCUT2D eigenvalue weighted by Crippen LogP contribution is 2.22. The fourth-order valence-corrected chi connectivity index (χ4v) is 2.57. The summed E-state index contributed by atoms with van der Waals surface area (Å²) >= 11 is 1.77. The molecule has 2 aromatic rings. The third-order valence-electron chi connectivity index (χ3n) is 2.61. The van der Waals surface area contributed by atoms with Crippen LogP contribution in [0.1, 0.15) is 6.92 Å². The molecular formula is C14H15N3O2S. The van der Waals surface area contributed by atoms with Crippen LogP contribution in [0.15, 0.2) is 53.6 Å². The molecule has 0 saturated heterocycles. The lowest BCUT2D eigenvalue weighted by atomic mass is 10.4. The Morgan fingerprint density at radius 3 is 2.65 bits per heavy atom. The van der Waals surface area contributed by atoms with E-state index in [1.807, 2.05) is 18.2 Å². The number of aromatic nitrogens is 1. The second-order valence-electron chi connectivity index (χ2n) is 4.28. The molecule has 5 nitrogen and oxygen atoms in total. The van der Waals surface area contributed by atoms with Crippen molar-refractivity contribution in [1.29, 1.82) is 0 Å². The van der Waals surface area contributed by atoms with Gasteiger partial charge in [-0.3, -0.25) is 10.1 Å². The van der Waals surface area contributed by atoms with Crippen molar-refractivity contribution in [1.82, 2.24) is 4.98 Å². The summed E-state index contributed by atoms with van der Waals surface area (Å²) in [6.45, 7) is 2.86. The van der Waals surface area contributed by atoms with Crippen LogP contribution in [0.5, 0.6) is 0 Å². The van der Waals surface area contributed by atoms with Gasteiger partial charge in [0, 0.05) is 22.8 Å². The van der Waals surface area contributed by atoms with E-state index in [0.717, 1.165) is 6.54 Å². The highest BCUT2D eigenvalue weighted by Gasteiger charge is 2.07.